The predicted octanol–water partition coefficient (Wildman–Crippen LogP) is -1.55. The van der Waals surface area contributed by atoms with Gasteiger partial charge in [0.1, 0.15) is 12.1 Å². The summed E-state index contributed by atoms with van der Waals surface area (Å²) >= 11 is 0. The van der Waals surface area contributed by atoms with Crippen LogP contribution in [0.5, 0.6) is 0 Å². The van der Waals surface area contributed by atoms with Gasteiger partial charge in [-0.15, -0.1) is 0 Å². The number of primary amides is 1. The third-order valence-corrected chi connectivity index (χ3v) is 3.06. The van der Waals surface area contributed by atoms with Gasteiger partial charge in [0.25, 0.3) is 5.91 Å². The fourth-order valence-electron chi connectivity index (χ4n) is 2.18. The molecule has 2 atom stereocenters. The Labute approximate surface area is 94.1 Å². The summed E-state index contributed by atoms with van der Waals surface area (Å²) in [6.07, 6.45) is 1.28. The number of piperazine rings is 1. The van der Waals surface area contributed by atoms with E-state index in [0.717, 1.165) is 12.8 Å². The van der Waals surface area contributed by atoms with Crippen molar-refractivity contribution in [1.82, 2.24) is 10.2 Å². The van der Waals surface area contributed by atoms with Gasteiger partial charge >= 0.3 is 0 Å². The van der Waals surface area contributed by atoms with E-state index in [1.54, 1.807) is 4.90 Å². The lowest BCUT2D eigenvalue weighted by molar-refractivity contribution is -0.148. The molecule has 2 aliphatic rings. The van der Waals surface area contributed by atoms with Crippen molar-refractivity contribution in [2.24, 2.45) is 5.73 Å². The number of nitrogens with one attached hydrogen (secondary N) is 1. The summed E-state index contributed by atoms with van der Waals surface area (Å²) in [6.45, 7) is 2.28. The summed E-state index contributed by atoms with van der Waals surface area (Å²) in [4.78, 5) is 24.9. The van der Waals surface area contributed by atoms with Gasteiger partial charge in [0.15, 0.2) is 0 Å². The molecule has 0 bridgehead atoms. The normalized spacial score (nSPS) is 30.4. The molecule has 0 aromatic heterocycles. The highest BCUT2D eigenvalue weighted by Crippen LogP contribution is 2.16. The SMILES string of the molecule is NC(=O)C1CNCCN1C(=O)[C@H]1CCCO1. The molecule has 0 aliphatic carbocycles. The maximum Gasteiger partial charge on any atom is 0.252 e. The van der Waals surface area contributed by atoms with Crippen molar-refractivity contribution in [2.75, 3.05) is 26.2 Å². The number of carbonyl (C=O) groups is 2. The molecule has 6 nitrogen and oxygen atoms in total. The molecule has 16 heavy (non-hydrogen) atoms. The third-order valence-electron chi connectivity index (χ3n) is 3.06. The number of ether oxygens (including phenoxy) is 1. The molecule has 90 valence electrons. The molecule has 2 aliphatic heterocycles. The Morgan fingerprint density at radius 3 is 2.88 bits per heavy atom. The van der Waals surface area contributed by atoms with Gasteiger partial charge in [-0.2, -0.15) is 0 Å². The molecule has 0 aromatic rings. The molecule has 0 saturated carbocycles. The second-order valence-corrected chi connectivity index (χ2v) is 4.16. The molecule has 0 radical (unpaired) electrons. The van der Waals surface area contributed by atoms with Crippen LogP contribution in [0.15, 0.2) is 0 Å². The van der Waals surface area contributed by atoms with Gasteiger partial charge < -0.3 is 20.7 Å². The van der Waals surface area contributed by atoms with Crippen molar-refractivity contribution >= 4 is 11.8 Å². The second-order valence-electron chi connectivity index (χ2n) is 4.16. The van der Waals surface area contributed by atoms with Gasteiger partial charge in [-0.3, -0.25) is 9.59 Å². The largest absolute Gasteiger partial charge is 0.368 e. The molecular formula is C10H17N3O3. The fourth-order valence-corrected chi connectivity index (χ4v) is 2.18. The standard InChI is InChI=1S/C10H17N3O3/c11-9(14)7-6-12-3-4-13(7)10(15)8-2-1-5-16-8/h7-8,12H,1-6H2,(H2,11,14)/t7?,8-/m1/s1. The summed E-state index contributed by atoms with van der Waals surface area (Å²) in [7, 11) is 0. The number of hydrogen-bond donors (Lipinski definition) is 2. The van der Waals surface area contributed by atoms with Crippen LogP contribution in [0.1, 0.15) is 12.8 Å². The lowest BCUT2D eigenvalue weighted by Crippen LogP contribution is -2.60. The molecule has 3 N–H and O–H groups in total. The van der Waals surface area contributed by atoms with E-state index in [1.807, 2.05) is 0 Å². The Hall–Kier alpha value is -1.14. The van der Waals surface area contributed by atoms with Crippen molar-refractivity contribution in [3.8, 4) is 0 Å². The van der Waals surface area contributed by atoms with E-state index in [1.165, 1.54) is 0 Å². The van der Waals surface area contributed by atoms with E-state index in [0.29, 0.717) is 26.2 Å². The van der Waals surface area contributed by atoms with Crippen LogP contribution in [-0.2, 0) is 14.3 Å². The van der Waals surface area contributed by atoms with Crippen molar-refractivity contribution in [3.05, 3.63) is 0 Å². The van der Waals surface area contributed by atoms with Crippen LogP contribution in [-0.4, -0.2) is 55.1 Å². The van der Waals surface area contributed by atoms with E-state index >= 15 is 0 Å². The van der Waals surface area contributed by atoms with Crippen LogP contribution in [0.4, 0.5) is 0 Å². The first kappa shape index (κ1) is 11.3. The van der Waals surface area contributed by atoms with Crippen molar-refractivity contribution < 1.29 is 14.3 Å². The molecule has 2 saturated heterocycles. The first-order valence-corrected chi connectivity index (χ1v) is 5.62. The molecule has 2 rings (SSSR count). The summed E-state index contributed by atoms with van der Waals surface area (Å²) in [6, 6.07) is -0.537. The van der Waals surface area contributed by atoms with Crippen LogP contribution >= 0.6 is 0 Å². The molecule has 1 unspecified atom stereocenters. The minimum atomic E-state index is -0.537. The topological polar surface area (TPSA) is 84.7 Å². The molecule has 2 amide bonds. The number of rotatable bonds is 2. The minimum Gasteiger partial charge on any atom is -0.368 e. The Morgan fingerprint density at radius 1 is 1.44 bits per heavy atom. The fraction of sp³-hybridized carbons (Fsp3) is 0.800. The van der Waals surface area contributed by atoms with Gasteiger partial charge in [0, 0.05) is 26.2 Å². The molecule has 2 heterocycles. The highest BCUT2D eigenvalue weighted by Gasteiger charge is 2.35. The van der Waals surface area contributed by atoms with Crippen LogP contribution in [0.3, 0.4) is 0 Å². The summed E-state index contributed by atoms with van der Waals surface area (Å²) < 4.78 is 5.33. The average Bonchev–Trinajstić information content (AvgIpc) is 2.81. The van der Waals surface area contributed by atoms with Crippen molar-refractivity contribution in [2.45, 2.75) is 25.0 Å². The second kappa shape index (κ2) is 4.80. The Bertz CT molecular complexity index is 289. The van der Waals surface area contributed by atoms with Gasteiger partial charge in [-0.05, 0) is 12.8 Å². The summed E-state index contributed by atoms with van der Waals surface area (Å²) in [5, 5.41) is 3.06. The molecule has 6 heteroatoms. The number of amides is 2. The van der Waals surface area contributed by atoms with E-state index in [9.17, 15) is 9.59 Å². The molecular weight excluding hydrogens is 210 g/mol. The van der Waals surface area contributed by atoms with Crippen molar-refractivity contribution in [3.63, 3.8) is 0 Å². The lowest BCUT2D eigenvalue weighted by Gasteiger charge is -2.35. The maximum absolute atomic E-state index is 12.1. The van der Waals surface area contributed by atoms with E-state index in [4.69, 9.17) is 10.5 Å². The van der Waals surface area contributed by atoms with Crippen LogP contribution in [0.25, 0.3) is 0 Å². The maximum atomic E-state index is 12.1. The zero-order valence-electron chi connectivity index (χ0n) is 9.15. The minimum absolute atomic E-state index is 0.0946. The van der Waals surface area contributed by atoms with Crippen LogP contribution < -0.4 is 11.1 Å². The van der Waals surface area contributed by atoms with Gasteiger partial charge in [-0.25, -0.2) is 0 Å². The quantitative estimate of drug-likeness (QED) is 0.598. The highest BCUT2D eigenvalue weighted by molar-refractivity contribution is 5.89. The Morgan fingerprint density at radius 2 is 2.25 bits per heavy atom. The summed E-state index contributed by atoms with van der Waals surface area (Å²) in [5.41, 5.74) is 5.28. The molecule has 2 fully saturated rings. The van der Waals surface area contributed by atoms with Gasteiger partial charge in [0.05, 0.1) is 0 Å². The zero-order valence-corrected chi connectivity index (χ0v) is 9.15. The lowest BCUT2D eigenvalue weighted by atomic mass is 10.1. The smallest absolute Gasteiger partial charge is 0.252 e. The Kier molecular flexibility index (Phi) is 3.40. The number of nitrogens with zero attached hydrogens (tertiary/aromatic N) is 1. The molecule has 0 spiro atoms. The summed E-state index contributed by atoms with van der Waals surface area (Å²) in [5.74, 6) is -0.554. The Balaban J connectivity index is 2.04. The van der Waals surface area contributed by atoms with E-state index in [2.05, 4.69) is 5.32 Å². The predicted molar refractivity (Wildman–Crippen MR) is 56.5 cm³/mol. The third kappa shape index (κ3) is 2.17. The van der Waals surface area contributed by atoms with E-state index < -0.39 is 11.9 Å². The monoisotopic (exact) mass is 227 g/mol. The van der Waals surface area contributed by atoms with Crippen molar-refractivity contribution in [1.29, 1.82) is 0 Å². The molecule has 0 aromatic carbocycles. The van der Waals surface area contributed by atoms with Crippen LogP contribution in [0.2, 0.25) is 0 Å². The number of carbonyl (C=O) groups excluding carboxylic acids is 2. The van der Waals surface area contributed by atoms with E-state index in [-0.39, 0.29) is 12.0 Å². The zero-order chi connectivity index (χ0) is 11.5. The average molecular weight is 227 g/mol. The van der Waals surface area contributed by atoms with Gasteiger partial charge in [-0.1, -0.05) is 0 Å². The first-order valence-electron chi connectivity index (χ1n) is 5.62. The number of nitrogens with two attached hydrogens (primary N) is 1. The first-order chi connectivity index (χ1) is 7.70. The van der Waals surface area contributed by atoms with Crippen LogP contribution in [0, 0.1) is 0 Å². The number of hydrogen-bond acceptors (Lipinski definition) is 4. The highest BCUT2D eigenvalue weighted by atomic mass is 16.5. The van der Waals surface area contributed by atoms with Gasteiger partial charge in [0.2, 0.25) is 5.91 Å².